The maximum Gasteiger partial charge on any atom is 0.269 e. The molecule has 0 radical (unpaired) electrons. The average molecular weight is 373 g/mol. The highest BCUT2D eigenvalue weighted by Crippen LogP contribution is 2.26. The van der Waals surface area contributed by atoms with E-state index in [1.807, 2.05) is 0 Å². The Morgan fingerprint density at radius 2 is 1.86 bits per heavy atom. The second-order valence-corrected chi connectivity index (χ2v) is 6.72. The van der Waals surface area contributed by atoms with Crippen molar-refractivity contribution in [1.82, 2.24) is 0 Å². The lowest BCUT2D eigenvalue weighted by Crippen LogP contribution is -2.04. The van der Waals surface area contributed by atoms with E-state index in [1.54, 1.807) is 30.3 Å². The number of non-ortho nitro benzene ring substituents is 1. The van der Waals surface area contributed by atoms with Gasteiger partial charge in [0.25, 0.3) is 5.69 Å². The van der Waals surface area contributed by atoms with Crippen molar-refractivity contribution in [2.24, 2.45) is 0 Å². The van der Waals surface area contributed by atoms with Gasteiger partial charge in [-0.3, -0.25) is 10.1 Å². The number of hydrogen-bond acceptors (Lipinski definition) is 4. The number of thiocarbonyl (C=S) groups is 1. The number of hydrogen-bond donors (Lipinski definition) is 1. The summed E-state index contributed by atoms with van der Waals surface area (Å²) in [7, 11) is 0. The zero-order valence-corrected chi connectivity index (χ0v) is 14.2. The van der Waals surface area contributed by atoms with Gasteiger partial charge < -0.3 is 5.32 Å². The molecule has 0 heterocycles. The van der Waals surface area contributed by atoms with Crippen molar-refractivity contribution in [3.63, 3.8) is 0 Å². The Morgan fingerprint density at radius 1 is 1.18 bits per heavy atom. The molecule has 0 amide bonds. The third kappa shape index (κ3) is 4.84. The lowest BCUT2D eigenvalue weighted by Gasteiger charge is -2.08. The van der Waals surface area contributed by atoms with Crippen molar-refractivity contribution < 1.29 is 4.92 Å². The van der Waals surface area contributed by atoms with Crippen LogP contribution < -0.4 is 5.32 Å². The van der Waals surface area contributed by atoms with Gasteiger partial charge in [-0.05, 0) is 23.8 Å². The second-order valence-electron chi connectivity index (χ2n) is 4.25. The van der Waals surface area contributed by atoms with Crippen LogP contribution in [0, 0.1) is 10.1 Å². The van der Waals surface area contributed by atoms with E-state index in [1.165, 1.54) is 23.9 Å². The molecule has 0 aliphatic carbocycles. The molecule has 0 saturated carbocycles. The quantitative estimate of drug-likeness (QED) is 0.434. The Balaban J connectivity index is 1.89. The maximum atomic E-state index is 10.6. The van der Waals surface area contributed by atoms with E-state index in [0.29, 0.717) is 20.1 Å². The van der Waals surface area contributed by atoms with Gasteiger partial charge in [-0.25, -0.2) is 0 Å². The monoisotopic (exact) mass is 372 g/mol. The van der Waals surface area contributed by atoms with Crippen LogP contribution in [0.15, 0.2) is 42.5 Å². The molecule has 1 N–H and O–H groups in total. The minimum absolute atomic E-state index is 0.0743. The average Bonchev–Trinajstić information content (AvgIpc) is 2.49. The number of halogens is 2. The summed E-state index contributed by atoms with van der Waals surface area (Å²) in [5.41, 5.74) is 1.79. The molecule has 114 valence electrons. The van der Waals surface area contributed by atoms with Crippen LogP contribution >= 0.6 is 47.2 Å². The van der Waals surface area contributed by atoms with Crippen LogP contribution in [0.2, 0.25) is 10.0 Å². The van der Waals surface area contributed by atoms with Gasteiger partial charge in [0.05, 0.1) is 15.0 Å². The number of nitrogens with zero attached hydrogens (tertiary/aromatic N) is 1. The van der Waals surface area contributed by atoms with Crippen LogP contribution in [0.3, 0.4) is 0 Å². The number of rotatable bonds is 4. The van der Waals surface area contributed by atoms with Gasteiger partial charge in [-0.2, -0.15) is 0 Å². The third-order valence-corrected chi connectivity index (χ3v) is 4.72. The Hall–Kier alpha value is -1.34. The molecule has 0 spiro atoms. The van der Waals surface area contributed by atoms with Gasteiger partial charge in [0.1, 0.15) is 4.32 Å². The SMILES string of the molecule is O=[N+]([O-])c1ccc(CSC(=S)Nc2ccc(Cl)c(Cl)c2)cc1. The van der Waals surface area contributed by atoms with Gasteiger partial charge in [-0.15, -0.1) is 0 Å². The molecule has 0 aliphatic rings. The van der Waals surface area contributed by atoms with Gasteiger partial charge in [0.2, 0.25) is 0 Å². The van der Waals surface area contributed by atoms with Crippen LogP contribution in [0.5, 0.6) is 0 Å². The Morgan fingerprint density at radius 3 is 2.45 bits per heavy atom. The molecule has 0 atom stereocenters. The van der Waals surface area contributed by atoms with Crippen LogP contribution in [0.4, 0.5) is 11.4 Å². The number of nitro benzene ring substituents is 1. The molecule has 0 bridgehead atoms. The van der Waals surface area contributed by atoms with Gasteiger partial charge in [-0.1, -0.05) is 59.3 Å². The number of anilines is 1. The Kier molecular flexibility index (Phi) is 6.02. The molecule has 2 aromatic carbocycles. The second kappa shape index (κ2) is 7.78. The number of nitrogens with one attached hydrogen (secondary N) is 1. The van der Waals surface area contributed by atoms with Gasteiger partial charge in [0.15, 0.2) is 0 Å². The summed E-state index contributed by atoms with van der Waals surface area (Å²) in [5.74, 6) is 0.616. The smallest absolute Gasteiger partial charge is 0.269 e. The summed E-state index contributed by atoms with van der Waals surface area (Å²) in [6, 6.07) is 11.6. The van der Waals surface area contributed by atoms with Crippen molar-refractivity contribution in [3.05, 3.63) is 68.2 Å². The van der Waals surface area contributed by atoms with E-state index in [0.717, 1.165) is 11.3 Å². The molecule has 0 unspecified atom stereocenters. The first-order valence-electron chi connectivity index (χ1n) is 6.08. The number of benzene rings is 2. The van der Waals surface area contributed by atoms with Crippen LogP contribution in [-0.2, 0) is 5.75 Å². The van der Waals surface area contributed by atoms with Crippen molar-refractivity contribution in [1.29, 1.82) is 0 Å². The van der Waals surface area contributed by atoms with E-state index < -0.39 is 4.92 Å². The van der Waals surface area contributed by atoms with Crippen LogP contribution in [-0.4, -0.2) is 9.24 Å². The largest absolute Gasteiger partial charge is 0.341 e. The molecule has 4 nitrogen and oxygen atoms in total. The summed E-state index contributed by atoms with van der Waals surface area (Å²) in [4.78, 5) is 10.2. The summed E-state index contributed by atoms with van der Waals surface area (Å²) in [5, 5.41) is 14.6. The molecule has 22 heavy (non-hydrogen) atoms. The minimum Gasteiger partial charge on any atom is -0.341 e. The molecule has 2 aromatic rings. The highest BCUT2D eigenvalue weighted by molar-refractivity contribution is 8.22. The molecule has 0 saturated heterocycles. The summed E-state index contributed by atoms with van der Waals surface area (Å²) in [6.07, 6.45) is 0. The van der Waals surface area contributed by atoms with Crippen molar-refractivity contribution in [2.45, 2.75) is 5.75 Å². The van der Waals surface area contributed by atoms with Gasteiger partial charge in [0, 0.05) is 23.6 Å². The van der Waals surface area contributed by atoms with E-state index >= 15 is 0 Å². The fourth-order valence-corrected chi connectivity index (χ4v) is 2.86. The standard InChI is InChI=1S/C14H10Cl2N2O2S2/c15-12-6-3-10(7-13(12)16)17-14(21)22-8-9-1-4-11(5-2-9)18(19)20/h1-7H,8H2,(H,17,21). The first-order valence-corrected chi connectivity index (χ1v) is 8.23. The predicted molar refractivity (Wildman–Crippen MR) is 97.1 cm³/mol. The number of nitro groups is 1. The van der Waals surface area contributed by atoms with Crippen LogP contribution in [0.25, 0.3) is 0 Å². The first kappa shape index (κ1) is 17.0. The molecule has 0 fully saturated rings. The zero-order chi connectivity index (χ0) is 16.1. The molecule has 8 heteroatoms. The lowest BCUT2D eigenvalue weighted by molar-refractivity contribution is -0.384. The van der Waals surface area contributed by atoms with E-state index in [2.05, 4.69) is 5.32 Å². The molecule has 0 aliphatic heterocycles. The summed E-state index contributed by atoms with van der Waals surface area (Å²) < 4.78 is 0.580. The van der Waals surface area contributed by atoms with Crippen molar-refractivity contribution >= 4 is 62.9 Å². The normalized spacial score (nSPS) is 10.3. The van der Waals surface area contributed by atoms with Crippen molar-refractivity contribution in [3.8, 4) is 0 Å². The lowest BCUT2D eigenvalue weighted by atomic mass is 10.2. The predicted octanol–water partition coefficient (Wildman–Crippen LogP) is 5.53. The molecular weight excluding hydrogens is 363 g/mol. The highest BCUT2D eigenvalue weighted by atomic mass is 35.5. The van der Waals surface area contributed by atoms with Crippen LogP contribution in [0.1, 0.15) is 5.56 Å². The van der Waals surface area contributed by atoms with Gasteiger partial charge >= 0.3 is 0 Å². The zero-order valence-electron chi connectivity index (χ0n) is 11.1. The minimum atomic E-state index is -0.423. The Bertz CT molecular complexity index is 708. The van der Waals surface area contributed by atoms with E-state index in [4.69, 9.17) is 35.4 Å². The summed E-state index contributed by atoms with van der Waals surface area (Å²) in [6.45, 7) is 0. The third-order valence-electron chi connectivity index (χ3n) is 2.68. The Labute approximate surface area is 147 Å². The van der Waals surface area contributed by atoms with Crippen molar-refractivity contribution in [2.75, 3.05) is 5.32 Å². The molecule has 0 aromatic heterocycles. The summed E-state index contributed by atoms with van der Waals surface area (Å²) >= 11 is 18.5. The number of thioether (sulfide) groups is 1. The molecule has 2 rings (SSSR count). The fourth-order valence-electron chi connectivity index (χ4n) is 1.59. The first-order chi connectivity index (χ1) is 10.5. The topological polar surface area (TPSA) is 55.2 Å². The fraction of sp³-hybridized carbons (Fsp3) is 0.0714. The van der Waals surface area contributed by atoms with E-state index in [9.17, 15) is 10.1 Å². The highest BCUT2D eigenvalue weighted by Gasteiger charge is 2.06. The van der Waals surface area contributed by atoms with E-state index in [-0.39, 0.29) is 5.69 Å². The molecular formula is C14H10Cl2N2O2S2. The maximum absolute atomic E-state index is 10.6.